The van der Waals surface area contributed by atoms with Crippen LogP contribution in [-0.4, -0.2) is 58.0 Å². The van der Waals surface area contributed by atoms with Gasteiger partial charge in [-0.05, 0) is 50.5 Å². The van der Waals surface area contributed by atoms with E-state index in [1.54, 1.807) is 38.1 Å². The Balaban J connectivity index is 1.53. The van der Waals surface area contributed by atoms with Crippen LogP contribution in [0, 0.1) is 12.8 Å². The van der Waals surface area contributed by atoms with Crippen molar-refractivity contribution in [1.29, 1.82) is 0 Å². The number of hydrogen-bond donors (Lipinski definition) is 2. The van der Waals surface area contributed by atoms with Crippen molar-refractivity contribution < 1.29 is 32.2 Å². The summed E-state index contributed by atoms with van der Waals surface area (Å²) in [7, 11) is -0.864. The van der Waals surface area contributed by atoms with Gasteiger partial charge < -0.3 is 24.8 Å². The van der Waals surface area contributed by atoms with Gasteiger partial charge in [-0.1, -0.05) is 0 Å². The lowest BCUT2D eigenvalue weighted by Crippen LogP contribution is -2.44. The molecule has 2 aromatic carbocycles. The van der Waals surface area contributed by atoms with Gasteiger partial charge in [0.05, 0.1) is 36.4 Å². The van der Waals surface area contributed by atoms with Crippen molar-refractivity contribution in [2.45, 2.75) is 37.7 Å². The van der Waals surface area contributed by atoms with Crippen molar-refractivity contribution in [3.63, 3.8) is 0 Å². The van der Waals surface area contributed by atoms with Crippen LogP contribution >= 0.6 is 0 Å². The summed E-state index contributed by atoms with van der Waals surface area (Å²) < 4.78 is 44.6. The summed E-state index contributed by atoms with van der Waals surface area (Å²) in [4.78, 5) is 25.0. The number of anilines is 2. The Labute approximate surface area is 204 Å². The molecule has 10 nitrogen and oxygen atoms in total. The SMILES string of the molecule is COc1ccc(NC(=O)[C@@H]2CCCN(S(=O)(=O)c3cc4c(cc3C)NC(=O)[C@@H](C)O4)C2)c(OC)c1. The van der Waals surface area contributed by atoms with Crippen molar-refractivity contribution in [3.05, 3.63) is 35.9 Å². The van der Waals surface area contributed by atoms with Crippen LogP contribution in [0.3, 0.4) is 0 Å². The molecule has 2 amide bonds. The minimum atomic E-state index is -3.90. The third kappa shape index (κ3) is 4.92. The van der Waals surface area contributed by atoms with Gasteiger partial charge in [-0.3, -0.25) is 9.59 Å². The fourth-order valence-corrected chi connectivity index (χ4v) is 6.02. The molecule has 2 aliphatic rings. The predicted molar refractivity (Wildman–Crippen MR) is 130 cm³/mol. The number of sulfonamides is 1. The van der Waals surface area contributed by atoms with Gasteiger partial charge in [-0.2, -0.15) is 4.31 Å². The van der Waals surface area contributed by atoms with Gasteiger partial charge in [-0.15, -0.1) is 0 Å². The van der Waals surface area contributed by atoms with Crippen LogP contribution in [-0.2, 0) is 19.6 Å². The molecular formula is C24H29N3O7S. The second kappa shape index (κ2) is 9.74. The van der Waals surface area contributed by atoms with Crippen LogP contribution in [0.15, 0.2) is 35.2 Å². The van der Waals surface area contributed by atoms with E-state index in [4.69, 9.17) is 14.2 Å². The summed E-state index contributed by atoms with van der Waals surface area (Å²) >= 11 is 0. The minimum Gasteiger partial charge on any atom is -0.497 e. The van der Waals surface area contributed by atoms with Crippen LogP contribution in [0.25, 0.3) is 0 Å². The highest BCUT2D eigenvalue weighted by Crippen LogP contribution is 2.36. The van der Waals surface area contributed by atoms with Gasteiger partial charge >= 0.3 is 0 Å². The molecule has 0 bridgehead atoms. The van der Waals surface area contributed by atoms with Gasteiger partial charge in [0.1, 0.15) is 17.2 Å². The van der Waals surface area contributed by atoms with E-state index in [2.05, 4.69) is 10.6 Å². The molecule has 11 heteroatoms. The average Bonchev–Trinajstić information content (AvgIpc) is 2.85. The molecule has 2 aromatic rings. The van der Waals surface area contributed by atoms with Crippen molar-refractivity contribution in [3.8, 4) is 17.2 Å². The molecule has 1 fully saturated rings. The second-order valence-corrected chi connectivity index (χ2v) is 10.5. The minimum absolute atomic E-state index is 0.0527. The number of aryl methyl sites for hydroxylation is 1. The molecular weight excluding hydrogens is 474 g/mol. The van der Waals surface area contributed by atoms with Crippen molar-refractivity contribution >= 4 is 33.2 Å². The zero-order valence-electron chi connectivity index (χ0n) is 20.1. The van der Waals surface area contributed by atoms with Crippen LogP contribution in [0.1, 0.15) is 25.3 Å². The maximum absolute atomic E-state index is 13.6. The monoisotopic (exact) mass is 503 g/mol. The first kappa shape index (κ1) is 24.8. The number of nitrogens with one attached hydrogen (secondary N) is 2. The quantitative estimate of drug-likeness (QED) is 0.621. The number of benzene rings is 2. The molecule has 188 valence electrons. The largest absolute Gasteiger partial charge is 0.497 e. The van der Waals surface area contributed by atoms with Crippen molar-refractivity contribution in [2.24, 2.45) is 5.92 Å². The number of fused-ring (bicyclic) bond motifs is 1. The Kier molecular flexibility index (Phi) is 6.91. The highest BCUT2D eigenvalue weighted by molar-refractivity contribution is 7.89. The number of piperidine rings is 1. The number of carbonyl (C=O) groups excluding carboxylic acids is 2. The van der Waals surface area contributed by atoms with E-state index >= 15 is 0 Å². The molecule has 1 saturated heterocycles. The van der Waals surface area contributed by atoms with Gasteiger partial charge in [0, 0.05) is 25.2 Å². The van der Waals surface area contributed by atoms with Gasteiger partial charge in [0.25, 0.3) is 5.91 Å². The van der Waals surface area contributed by atoms with Gasteiger partial charge in [0.15, 0.2) is 6.10 Å². The molecule has 0 aliphatic carbocycles. The lowest BCUT2D eigenvalue weighted by molar-refractivity contribution is -0.123. The van der Waals surface area contributed by atoms with Gasteiger partial charge in [0.2, 0.25) is 15.9 Å². The van der Waals surface area contributed by atoms with Crippen LogP contribution in [0.2, 0.25) is 0 Å². The Morgan fingerprint density at radius 3 is 2.69 bits per heavy atom. The molecule has 2 aliphatic heterocycles. The molecule has 2 N–H and O–H groups in total. The molecule has 0 radical (unpaired) electrons. The lowest BCUT2D eigenvalue weighted by atomic mass is 9.98. The lowest BCUT2D eigenvalue weighted by Gasteiger charge is -2.32. The fourth-order valence-electron chi connectivity index (χ4n) is 4.27. The average molecular weight is 504 g/mol. The molecule has 2 atom stereocenters. The van der Waals surface area contributed by atoms with Crippen LogP contribution in [0.5, 0.6) is 17.2 Å². The maximum atomic E-state index is 13.6. The number of amides is 2. The van der Waals surface area contributed by atoms with E-state index in [1.165, 1.54) is 24.6 Å². The summed E-state index contributed by atoms with van der Waals surface area (Å²) in [5, 5.41) is 5.58. The van der Waals surface area contributed by atoms with E-state index in [1.807, 2.05) is 0 Å². The predicted octanol–water partition coefficient (Wildman–Crippen LogP) is 2.77. The standard InChI is InChI=1S/C24H29N3O7S/c1-14-10-19-21(34-15(2)23(28)26-19)12-22(14)35(30,31)27-9-5-6-16(13-27)24(29)25-18-8-7-17(32-3)11-20(18)33-4/h7-8,10-12,15-16H,5-6,9,13H2,1-4H3,(H,25,29)(H,26,28)/t15-,16-/m1/s1. The van der Waals surface area contributed by atoms with Gasteiger partial charge in [-0.25, -0.2) is 8.42 Å². The smallest absolute Gasteiger partial charge is 0.265 e. The fraction of sp³-hybridized carbons (Fsp3) is 0.417. The zero-order chi connectivity index (χ0) is 25.3. The number of hydrogen-bond acceptors (Lipinski definition) is 7. The first-order chi connectivity index (χ1) is 16.6. The first-order valence-corrected chi connectivity index (χ1v) is 12.7. The normalized spacial score (nSPS) is 20.3. The highest BCUT2D eigenvalue weighted by Gasteiger charge is 2.35. The molecule has 35 heavy (non-hydrogen) atoms. The Morgan fingerprint density at radius 1 is 1.20 bits per heavy atom. The molecule has 2 heterocycles. The molecule has 4 rings (SSSR count). The summed E-state index contributed by atoms with van der Waals surface area (Å²) in [6.07, 6.45) is 0.385. The zero-order valence-corrected chi connectivity index (χ0v) is 20.9. The summed E-state index contributed by atoms with van der Waals surface area (Å²) in [5.41, 5.74) is 1.41. The third-order valence-electron chi connectivity index (χ3n) is 6.25. The molecule has 0 aromatic heterocycles. The molecule has 0 unspecified atom stereocenters. The van der Waals surface area contributed by atoms with E-state index in [0.29, 0.717) is 53.6 Å². The Morgan fingerprint density at radius 2 is 1.97 bits per heavy atom. The Hall–Kier alpha value is -3.31. The third-order valence-corrected chi connectivity index (χ3v) is 8.25. The Bertz CT molecular complexity index is 1260. The number of ether oxygens (including phenoxy) is 3. The van der Waals surface area contributed by atoms with E-state index in [-0.39, 0.29) is 23.3 Å². The van der Waals surface area contributed by atoms with Crippen molar-refractivity contribution in [1.82, 2.24) is 4.31 Å². The molecule has 0 spiro atoms. The summed E-state index contributed by atoms with van der Waals surface area (Å²) in [5.74, 6) is 0.247. The number of nitrogens with zero attached hydrogens (tertiary/aromatic N) is 1. The summed E-state index contributed by atoms with van der Waals surface area (Å²) in [6.45, 7) is 3.62. The first-order valence-electron chi connectivity index (χ1n) is 11.3. The number of rotatable bonds is 6. The van der Waals surface area contributed by atoms with Crippen LogP contribution in [0.4, 0.5) is 11.4 Å². The van der Waals surface area contributed by atoms with E-state index in [0.717, 1.165) is 0 Å². The maximum Gasteiger partial charge on any atom is 0.265 e. The van der Waals surface area contributed by atoms with Crippen molar-refractivity contribution in [2.75, 3.05) is 37.9 Å². The topological polar surface area (TPSA) is 123 Å². The van der Waals surface area contributed by atoms with E-state index in [9.17, 15) is 18.0 Å². The second-order valence-electron chi connectivity index (χ2n) is 8.62. The summed E-state index contributed by atoms with van der Waals surface area (Å²) in [6, 6.07) is 8.10. The number of carbonyl (C=O) groups is 2. The van der Waals surface area contributed by atoms with E-state index < -0.39 is 22.0 Å². The van der Waals surface area contributed by atoms with Crippen LogP contribution < -0.4 is 24.8 Å². The molecule has 0 saturated carbocycles. The highest BCUT2D eigenvalue weighted by atomic mass is 32.2. The number of methoxy groups -OCH3 is 2.